The summed E-state index contributed by atoms with van der Waals surface area (Å²) in [5, 5.41) is 15.6. The first-order valence-electron chi connectivity index (χ1n) is 6.59. The minimum absolute atomic E-state index is 0.0472. The third-order valence-corrected chi connectivity index (χ3v) is 3.88. The first-order valence-corrected chi connectivity index (χ1v) is 6.97. The van der Waals surface area contributed by atoms with E-state index >= 15 is 0 Å². The fourth-order valence-corrected chi connectivity index (χ4v) is 2.29. The quantitative estimate of drug-likeness (QED) is 0.349. The lowest BCUT2D eigenvalue weighted by atomic mass is 10.1. The number of benzene rings is 2. The second-order valence-corrected chi connectivity index (χ2v) is 5.30. The molecule has 0 atom stereocenters. The van der Waals surface area contributed by atoms with Gasteiger partial charge in [-0.05, 0) is 42.7 Å². The number of hydrogen-bond acceptors (Lipinski definition) is 3. The van der Waals surface area contributed by atoms with Crippen LogP contribution in [0.5, 0.6) is 0 Å². The third-order valence-electron chi connectivity index (χ3n) is 3.53. The molecule has 110 valence electrons. The van der Waals surface area contributed by atoms with E-state index in [1.54, 1.807) is 12.1 Å². The molecule has 0 saturated carbocycles. The largest absolute Gasteiger partial charge is 0.409 e. The fourth-order valence-electron chi connectivity index (χ4n) is 2.04. The normalized spacial score (nSPS) is 11.5. The molecule has 0 aliphatic rings. The van der Waals surface area contributed by atoms with Crippen molar-refractivity contribution in [2.75, 3.05) is 5.32 Å². The van der Waals surface area contributed by atoms with Crippen LogP contribution in [-0.2, 0) is 6.54 Å². The molecule has 0 aliphatic carbocycles. The monoisotopic (exact) mass is 303 g/mol. The van der Waals surface area contributed by atoms with Crippen molar-refractivity contribution >= 4 is 23.1 Å². The van der Waals surface area contributed by atoms with Crippen LogP contribution in [-0.4, -0.2) is 11.0 Å². The van der Waals surface area contributed by atoms with Crippen LogP contribution in [0.25, 0.3) is 0 Å². The van der Waals surface area contributed by atoms with Gasteiger partial charge in [0, 0.05) is 22.8 Å². The van der Waals surface area contributed by atoms with Crippen LogP contribution >= 0.6 is 11.6 Å². The molecule has 21 heavy (non-hydrogen) atoms. The van der Waals surface area contributed by atoms with E-state index in [1.807, 2.05) is 18.2 Å². The average molecular weight is 304 g/mol. The van der Waals surface area contributed by atoms with E-state index in [0.717, 1.165) is 11.3 Å². The highest BCUT2D eigenvalue weighted by atomic mass is 35.5. The number of hydrogen-bond donors (Lipinski definition) is 3. The smallest absolute Gasteiger partial charge is 0.170 e. The second-order valence-electron chi connectivity index (χ2n) is 4.89. The summed E-state index contributed by atoms with van der Waals surface area (Å²) in [7, 11) is 0. The van der Waals surface area contributed by atoms with Crippen molar-refractivity contribution in [2.24, 2.45) is 10.9 Å². The molecule has 5 heteroatoms. The van der Waals surface area contributed by atoms with Gasteiger partial charge in [-0.15, -0.1) is 0 Å². The Morgan fingerprint density at radius 2 is 2.05 bits per heavy atom. The van der Waals surface area contributed by atoms with Gasteiger partial charge in [0.2, 0.25) is 0 Å². The summed E-state index contributed by atoms with van der Waals surface area (Å²) >= 11 is 6.24. The topological polar surface area (TPSA) is 70.6 Å². The number of nitrogens with zero attached hydrogens (tertiary/aromatic N) is 1. The molecule has 0 unspecified atom stereocenters. The number of rotatable bonds is 4. The Morgan fingerprint density at radius 3 is 2.71 bits per heavy atom. The first kappa shape index (κ1) is 15.2. The Bertz CT molecular complexity index is 683. The molecule has 4 N–H and O–H groups in total. The van der Waals surface area contributed by atoms with Crippen LogP contribution in [0.3, 0.4) is 0 Å². The van der Waals surface area contributed by atoms with Crippen molar-refractivity contribution in [3.8, 4) is 0 Å². The van der Waals surface area contributed by atoms with Crippen LogP contribution in [0.1, 0.15) is 22.3 Å². The van der Waals surface area contributed by atoms with Crippen LogP contribution < -0.4 is 11.1 Å². The minimum Gasteiger partial charge on any atom is -0.409 e. The van der Waals surface area contributed by atoms with Gasteiger partial charge in [0.25, 0.3) is 0 Å². The number of nitrogens with two attached hydrogens (primary N) is 1. The van der Waals surface area contributed by atoms with Gasteiger partial charge in [-0.2, -0.15) is 0 Å². The van der Waals surface area contributed by atoms with Crippen molar-refractivity contribution in [1.82, 2.24) is 0 Å². The van der Waals surface area contributed by atoms with E-state index < -0.39 is 0 Å². The van der Waals surface area contributed by atoms with Gasteiger partial charge in [-0.3, -0.25) is 0 Å². The minimum atomic E-state index is 0.0472. The highest BCUT2D eigenvalue weighted by Gasteiger charge is 2.06. The lowest BCUT2D eigenvalue weighted by Gasteiger charge is -2.13. The maximum absolute atomic E-state index is 8.66. The van der Waals surface area contributed by atoms with Crippen LogP contribution in [0, 0.1) is 13.8 Å². The van der Waals surface area contributed by atoms with Crippen LogP contribution in [0.4, 0.5) is 5.69 Å². The summed E-state index contributed by atoms with van der Waals surface area (Å²) in [6, 6.07) is 11.5. The summed E-state index contributed by atoms with van der Waals surface area (Å²) < 4.78 is 0. The highest BCUT2D eigenvalue weighted by molar-refractivity contribution is 6.31. The summed E-state index contributed by atoms with van der Waals surface area (Å²) in [4.78, 5) is 0. The molecule has 2 rings (SSSR count). The Kier molecular flexibility index (Phi) is 4.70. The number of aryl methyl sites for hydroxylation is 1. The molecule has 0 saturated heterocycles. The van der Waals surface area contributed by atoms with Crippen molar-refractivity contribution < 1.29 is 5.21 Å². The summed E-state index contributed by atoms with van der Waals surface area (Å²) in [6.07, 6.45) is 0. The third kappa shape index (κ3) is 3.47. The summed E-state index contributed by atoms with van der Waals surface area (Å²) in [6.45, 7) is 4.78. The lowest BCUT2D eigenvalue weighted by molar-refractivity contribution is 0.318. The zero-order chi connectivity index (χ0) is 15.4. The van der Waals surface area contributed by atoms with Crippen LogP contribution in [0.2, 0.25) is 5.02 Å². The summed E-state index contributed by atoms with van der Waals surface area (Å²) in [5.74, 6) is 0.0472. The molecule has 2 aromatic carbocycles. The Labute approximate surface area is 129 Å². The number of amidine groups is 1. The van der Waals surface area contributed by atoms with Gasteiger partial charge in [-0.1, -0.05) is 41.0 Å². The standard InChI is InChI=1S/C16H18ClN3O/c1-10-4-3-5-15(11(10)2)19-9-13-7-6-12(8-14(13)17)16(18)20-21/h3-8,19,21H,9H2,1-2H3,(H2,18,20). The SMILES string of the molecule is Cc1cccc(NCc2ccc(/C(N)=N/O)cc2Cl)c1C. The number of halogens is 1. The molecule has 0 aliphatic heterocycles. The average Bonchev–Trinajstić information content (AvgIpc) is 2.49. The summed E-state index contributed by atoms with van der Waals surface area (Å²) in [5.41, 5.74) is 10.6. The van der Waals surface area contributed by atoms with Crippen molar-refractivity contribution in [3.05, 3.63) is 63.7 Å². The van der Waals surface area contributed by atoms with Gasteiger partial charge in [0.05, 0.1) is 0 Å². The Hall–Kier alpha value is -2.20. The molecule has 4 nitrogen and oxygen atoms in total. The number of nitrogens with one attached hydrogen (secondary N) is 1. The van der Waals surface area contributed by atoms with Crippen molar-refractivity contribution in [2.45, 2.75) is 20.4 Å². The molecular formula is C16H18ClN3O. The van der Waals surface area contributed by atoms with E-state index in [0.29, 0.717) is 17.1 Å². The van der Waals surface area contributed by atoms with Crippen LogP contribution in [0.15, 0.2) is 41.6 Å². The molecule has 0 aromatic heterocycles. The zero-order valence-electron chi connectivity index (χ0n) is 12.0. The predicted molar refractivity (Wildman–Crippen MR) is 87.2 cm³/mol. The predicted octanol–water partition coefficient (Wildman–Crippen LogP) is 3.66. The fraction of sp³-hybridized carbons (Fsp3) is 0.188. The van der Waals surface area contributed by atoms with Gasteiger partial charge >= 0.3 is 0 Å². The molecule has 0 radical (unpaired) electrons. The van der Waals surface area contributed by atoms with E-state index in [-0.39, 0.29) is 5.84 Å². The van der Waals surface area contributed by atoms with E-state index in [4.69, 9.17) is 22.5 Å². The van der Waals surface area contributed by atoms with Crippen molar-refractivity contribution in [1.29, 1.82) is 0 Å². The van der Waals surface area contributed by atoms with Gasteiger partial charge in [0.15, 0.2) is 5.84 Å². The molecular weight excluding hydrogens is 286 g/mol. The molecule has 0 amide bonds. The van der Waals surface area contributed by atoms with E-state index in [9.17, 15) is 0 Å². The van der Waals surface area contributed by atoms with Gasteiger partial charge < -0.3 is 16.3 Å². The maximum Gasteiger partial charge on any atom is 0.170 e. The number of anilines is 1. The molecule has 2 aromatic rings. The first-order chi connectivity index (χ1) is 10.0. The molecule has 0 fully saturated rings. The Balaban J connectivity index is 2.15. The zero-order valence-corrected chi connectivity index (χ0v) is 12.8. The lowest BCUT2D eigenvalue weighted by Crippen LogP contribution is -2.13. The second kappa shape index (κ2) is 6.50. The van der Waals surface area contributed by atoms with Gasteiger partial charge in [0.1, 0.15) is 0 Å². The highest BCUT2D eigenvalue weighted by Crippen LogP contribution is 2.22. The van der Waals surface area contributed by atoms with E-state index in [1.165, 1.54) is 11.1 Å². The van der Waals surface area contributed by atoms with Crippen molar-refractivity contribution in [3.63, 3.8) is 0 Å². The van der Waals surface area contributed by atoms with E-state index in [2.05, 4.69) is 30.4 Å². The molecule has 0 spiro atoms. The maximum atomic E-state index is 8.66. The molecule has 0 heterocycles. The molecule has 0 bridgehead atoms. The van der Waals surface area contributed by atoms with Gasteiger partial charge in [-0.25, -0.2) is 0 Å². The number of oxime groups is 1. The Morgan fingerprint density at radius 1 is 1.29 bits per heavy atom.